The maximum Gasteiger partial charge on any atom is 0.319 e. The first-order valence-electron chi connectivity index (χ1n) is 10.1. The zero-order valence-corrected chi connectivity index (χ0v) is 18.5. The van der Waals surface area contributed by atoms with E-state index >= 15 is 0 Å². The summed E-state index contributed by atoms with van der Waals surface area (Å²) in [5.41, 5.74) is 1.81. The van der Waals surface area contributed by atoms with Gasteiger partial charge in [0.25, 0.3) is 0 Å². The molecular weight excluding hydrogens is 414 g/mol. The van der Waals surface area contributed by atoms with E-state index in [1.165, 1.54) is 29.5 Å². The van der Waals surface area contributed by atoms with Crippen LogP contribution >= 0.6 is 23.1 Å². The number of nitrogens with one attached hydrogen (secondary N) is 2. The molecule has 2 amide bonds. The van der Waals surface area contributed by atoms with Gasteiger partial charge < -0.3 is 10.6 Å². The predicted octanol–water partition coefficient (Wildman–Crippen LogP) is 4.96. The average molecular weight is 440 g/mol. The highest BCUT2D eigenvalue weighted by Crippen LogP contribution is 2.29. The second-order valence-corrected chi connectivity index (χ2v) is 9.24. The van der Waals surface area contributed by atoms with Gasteiger partial charge in [0.1, 0.15) is 0 Å². The van der Waals surface area contributed by atoms with Crippen LogP contribution in [0.4, 0.5) is 10.5 Å². The highest BCUT2D eigenvalue weighted by atomic mass is 32.2. The Morgan fingerprint density at radius 2 is 2.00 bits per heavy atom. The lowest BCUT2D eigenvalue weighted by atomic mass is 10.2. The van der Waals surface area contributed by atoms with Crippen molar-refractivity contribution in [2.75, 3.05) is 25.0 Å². The summed E-state index contributed by atoms with van der Waals surface area (Å²) in [6.07, 6.45) is 5.92. The normalized spacial score (nSPS) is 15.1. The van der Waals surface area contributed by atoms with Crippen LogP contribution in [0.25, 0.3) is 0 Å². The lowest BCUT2D eigenvalue weighted by molar-refractivity contribution is 0.229. The molecule has 30 heavy (non-hydrogen) atoms. The summed E-state index contributed by atoms with van der Waals surface area (Å²) in [6, 6.07) is 12.0. The molecule has 1 unspecified atom stereocenters. The lowest BCUT2D eigenvalue weighted by Gasteiger charge is -2.27. The van der Waals surface area contributed by atoms with E-state index in [0.717, 1.165) is 29.2 Å². The number of amides is 2. The van der Waals surface area contributed by atoms with E-state index in [0.29, 0.717) is 11.7 Å². The van der Waals surface area contributed by atoms with Crippen molar-refractivity contribution in [3.8, 4) is 0 Å². The van der Waals surface area contributed by atoms with Gasteiger partial charge in [0, 0.05) is 34.4 Å². The van der Waals surface area contributed by atoms with Crippen molar-refractivity contribution in [3.05, 3.63) is 64.6 Å². The molecule has 2 aromatic heterocycles. The summed E-state index contributed by atoms with van der Waals surface area (Å²) in [6.45, 7) is 4.78. The molecule has 1 aliphatic heterocycles. The van der Waals surface area contributed by atoms with Crippen LogP contribution in [0, 0.1) is 6.92 Å². The van der Waals surface area contributed by atoms with Crippen molar-refractivity contribution < 1.29 is 4.79 Å². The molecule has 1 fully saturated rings. The monoisotopic (exact) mass is 439 g/mol. The molecule has 0 radical (unpaired) electrons. The number of thiophene rings is 1. The number of rotatable bonds is 7. The second kappa shape index (κ2) is 10.1. The van der Waals surface area contributed by atoms with E-state index < -0.39 is 0 Å². The SMILES string of the molecule is Cc1cc(Sc2ncccn2)ccc1NC(=O)NCC(c1cccs1)N1CCCC1. The predicted molar refractivity (Wildman–Crippen MR) is 122 cm³/mol. The molecular formula is C22H25N5OS2. The largest absolute Gasteiger partial charge is 0.336 e. The number of hydrogen-bond acceptors (Lipinski definition) is 6. The molecule has 1 aliphatic rings. The van der Waals surface area contributed by atoms with Gasteiger partial charge in [0.15, 0.2) is 5.16 Å². The molecule has 4 rings (SSSR count). The highest BCUT2D eigenvalue weighted by molar-refractivity contribution is 7.99. The fourth-order valence-electron chi connectivity index (χ4n) is 3.58. The summed E-state index contributed by atoms with van der Waals surface area (Å²) in [5, 5.41) is 8.86. The lowest BCUT2D eigenvalue weighted by Crippen LogP contribution is -2.38. The Labute approximate surface area is 185 Å². The topological polar surface area (TPSA) is 70.1 Å². The number of carbonyl (C=O) groups is 1. The van der Waals surface area contributed by atoms with E-state index in [-0.39, 0.29) is 12.1 Å². The highest BCUT2D eigenvalue weighted by Gasteiger charge is 2.24. The summed E-state index contributed by atoms with van der Waals surface area (Å²) >= 11 is 3.25. The molecule has 1 atom stereocenters. The molecule has 0 spiro atoms. The van der Waals surface area contributed by atoms with E-state index in [4.69, 9.17) is 0 Å². The Balaban J connectivity index is 1.35. The van der Waals surface area contributed by atoms with Crippen LogP contribution in [-0.2, 0) is 0 Å². The molecule has 3 heterocycles. The van der Waals surface area contributed by atoms with Gasteiger partial charge in [0.05, 0.1) is 6.04 Å². The van der Waals surface area contributed by atoms with Gasteiger partial charge >= 0.3 is 6.03 Å². The third kappa shape index (κ3) is 5.38. The van der Waals surface area contributed by atoms with E-state index in [9.17, 15) is 4.79 Å². The van der Waals surface area contributed by atoms with Crippen molar-refractivity contribution in [2.24, 2.45) is 0 Å². The molecule has 0 aliphatic carbocycles. The van der Waals surface area contributed by atoms with E-state index in [1.54, 1.807) is 29.8 Å². The van der Waals surface area contributed by atoms with Gasteiger partial charge in [0.2, 0.25) is 0 Å². The number of nitrogens with zero attached hydrogens (tertiary/aromatic N) is 3. The quantitative estimate of drug-likeness (QED) is 0.510. The Kier molecular flexibility index (Phi) is 6.99. The van der Waals surface area contributed by atoms with Crippen molar-refractivity contribution in [1.29, 1.82) is 0 Å². The number of anilines is 1. The van der Waals surface area contributed by atoms with Gasteiger partial charge in [-0.2, -0.15) is 0 Å². The summed E-state index contributed by atoms with van der Waals surface area (Å²) < 4.78 is 0. The van der Waals surface area contributed by atoms with Gasteiger partial charge in [-0.25, -0.2) is 14.8 Å². The zero-order valence-electron chi connectivity index (χ0n) is 16.9. The first kappa shape index (κ1) is 20.8. The standard InChI is InChI=1S/C22H25N5OS2/c1-16-14-17(30-22-23-9-5-10-24-22)7-8-18(16)26-21(28)25-15-19(20-6-4-13-29-20)27-11-2-3-12-27/h4-10,13-14,19H,2-3,11-12,15H2,1H3,(H2,25,26,28). The van der Waals surface area contributed by atoms with Crippen LogP contribution < -0.4 is 10.6 Å². The molecule has 1 saturated heterocycles. The van der Waals surface area contributed by atoms with Crippen LogP contribution in [0.1, 0.15) is 29.3 Å². The summed E-state index contributed by atoms with van der Waals surface area (Å²) in [5.74, 6) is 0. The van der Waals surface area contributed by atoms with Crippen molar-refractivity contribution in [2.45, 2.75) is 35.9 Å². The molecule has 8 heteroatoms. The molecule has 1 aromatic carbocycles. The third-order valence-corrected chi connectivity index (χ3v) is 6.96. The summed E-state index contributed by atoms with van der Waals surface area (Å²) in [7, 11) is 0. The Morgan fingerprint density at radius 1 is 1.20 bits per heavy atom. The van der Waals surface area contributed by atoms with Gasteiger partial charge in [-0.1, -0.05) is 6.07 Å². The summed E-state index contributed by atoms with van der Waals surface area (Å²) in [4.78, 5) is 25.9. The van der Waals surface area contributed by atoms with Crippen LogP contribution in [0.2, 0.25) is 0 Å². The smallest absolute Gasteiger partial charge is 0.319 e. The number of benzene rings is 1. The molecule has 2 N–H and O–H groups in total. The molecule has 3 aromatic rings. The van der Waals surface area contributed by atoms with Crippen molar-refractivity contribution >= 4 is 34.8 Å². The maximum absolute atomic E-state index is 12.6. The van der Waals surface area contributed by atoms with E-state index in [1.807, 2.05) is 25.1 Å². The Hall–Kier alpha value is -2.42. The van der Waals surface area contributed by atoms with E-state index in [2.05, 4.69) is 43.0 Å². The van der Waals surface area contributed by atoms with Gasteiger partial charge in [-0.05, 0) is 85.9 Å². The van der Waals surface area contributed by atoms with Gasteiger partial charge in [-0.15, -0.1) is 11.3 Å². The number of likely N-dealkylation sites (tertiary alicyclic amines) is 1. The van der Waals surface area contributed by atoms with Crippen LogP contribution in [-0.4, -0.2) is 40.5 Å². The molecule has 156 valence electrons. The fraction of sp³-hybridized carbons (Fsp3) is 0.318. The van der Waals surface area contributed by atoms with Crippen LogP contribution in [0.3, 0.4) is 0 Å². The molecule has 0 saturated carbocycles. The molecule has 0 bridgehead atoms. The fourth-order valence-corrected chi connectivity index (χ4v) is 5.25. The molecule has 6 nitrogen and oxygen atoms in total. The van der Waals surface area contributed by atoms with Crippen molar-refractivity contribution in [3.63, 3.8) is 0 Å². The third-order valence-electron chi connectivity index (χ3n) is 5.11. The zero-order chi connectivity index (χ0) is 20.8. The van der Waals surface area contributed by atoms with Crippen LogP contribution in [0.15, 0.2) is 64.2 Å². The minimum absolute atomic E-state index is 0.175. The van der Waals surface area contributed by atoms with Crippen molar-refractivity contribution in [1.82, 2.24) is 20.2 Å². The van der Waals surface area contributed by atoms with Crippen LogP contribution in [0.5, 0.6) is 0 Å². The number of aromatic nitrogens is 2. The minimum atomic E-state index is -0.175. The Morgan fingerprint density at radius 3 is 2.70 bits per heavy atom. The number of urea groups is 1. The maximum atomic E-state index is 12.6. The first-order valence-corrected chi connectivity index (χ1v) is 11.8. The number of aryl methyl sites for hydroxylation is 1. The average Bonchev–Trinajstić information content (AvgIpc) is 3.46. The number of carbonyl (C=O) groups excluding carboxylic acids is 1. The number of hydrogen-bond donors (Lipinski definition) is 2. The second-order valence-electron chi connectivity index (χ2n) is 7.22. The minimum Gasteiger partial charge on any atom is -0.336 e. The van der Waals surface area contributed by atoms with Gasteiger partial charge in [-0.3, -0.25) is 4.90 Å². The first-order chi connectivity index (χ1) is 14.7. The Bertz CT molecular complexity index is 959.